The lowest BCUT2D eigenvalue weighted by Crippen LogP contribution is -2.59. The molecule has 3 aliphatic rings. The van der Waals surface area contributed by atoms with E-state index in [0.717, 1.165) is 6.42 Å². The SMILES string of the molecule is CCC(NN)C1CN2CCCN1CC2. The van der Waals surface area contributed by atoms with Gasteiger partial charge in [-0.1, -0.05) is 6.92 Å². The van der Waals surface area contributed by atoms with Gasteiger partial charge in [-0.3, -0.25) is 16.2 Å². The van der Waals surface area contributed by atoms with Gasteiger partial charge < -0.3 is 4.90 Å². The van der Waals surface area contributed by atoms with Gasteiger partial charge in [0.15, 0.2) is 0 Å². The van der Waals surface area contributed by atoms with Crippen molar-refractivity contribution in [1.82, 2.24) is 15.2 Å². The van der Waals surface area contributed by atoms with Crippen LogP contribution in [0.25, 0.3) is 0 Å². The van der Waals surface area contributed by atoms with Crippen molar-refractivity contribution in [3.05, 3.63) is 0 Å². The molecular formula is C10H22N4. The van der Waals surface area contributed by atoms with Crippen molar-refractivity contribution in [2.75, 3.05) is 32.7 Å². The second-order valence-corrected chi connectivity index (χ2v) is 4.44. The number of rotatable bonds is 3. The number of nitrogens with one attached hydrogen (secondary N) is 1. The second kappa shape index (κ2) is 4.57. The zero-order chi connectivity index (χ0) is 9.97. The highest BCUT2D eigenvalue weighted by Gasteiger charge is 2.33. The Kier molecular flexibility index (Phi) is 3.38. The molecule has 4 nitrogen and oxygen atoms in total. The molecule has 0 aromatic carbocycles. The third-order valence-corrected chi connectivity index (χ3v) is 3.66. The number of fused-ring (bicyclic) bond motifs is 4. The molecule has 3 heterocycles. The van der Waals surface area contributed by atoms with Crippen molar-refractivity contribution in [2.24, 2.45) is 5.84 Å². The number of hydrazine groups is 1. The molecule has 2 bridgehead atoms. The van der Waals surface area contributed by atoms with Gasteiger partial charge >= 0.3 is 0 Å². The number of nitrogens with zero attached hydrogens (tertiary/aromatic N) is 2. The lowest BCUT2D eigenvalue weighted by Gasteiger charge is -2.41. The molecule has 0 saturated carbocycles. The van der Waals surface area contributed by atoms with Gasteiger partial charge in [-0.2, -0.15) is 0 Å². The van der Waals surface area contributed by atoms with Gasteiger partial charge in [-0.15, -0.1) is 0 Å². The smallest absolute Gasteiger partial charge is 0.0390 e. The normalized spacial score (nSPS) is 39.4. The molecule has 3 aliphatic heterocycles. The molecule has 3 N–H and O–H groups in total. The minimum Gasteiger partial charge on any atom is -0.300 e. The Bertz CT molecular complexity index is 177. The minimum absolute atomic E-state index is 0.455. The van der Waals surface area contributed by atoms with Gasteiger partial charge in [0.25, 0.3) is 0 Å². The van der Waals surface area contributed by atoms with E-state index in [9.17, 15) is 0 Å². The molecule has 3 rings (SSSR count). The van der Waals surface area contributed by atoms with Crippen LogP contribution in [-0.4, -0.2) is 54.6 Å². The number of piperazine rings is 1. The summed E-state index contributed by atoms with van der Waals surface area (Å²) >= 11 is 0. The van der Waals surface area contributed by atoms with Gasteiger partial charge in [0.05, 0.1) is 0 Å². The van der Waals surface area contributed by atoms with Gasteiger partial charge in [-0.05, 0) is 25.9 Å². The van der Waals surface area contributed by atoms with Gasteiger partial charge in [-0.25, -0.2) is 0 Å². The topological polar surface area (TPSA) is 44.5 Å². The number of hydrogen-bond acceptors (Lipinski definition) is 4. The molecule has 3 fully saturated rings. The van der Waals surface area contributed by atoms with E-state index in [1.165, 1.54) is 39.1 Å². The molecule has 0 aliphatic carbocycles. The van der Waals surface area contributed by atoms with Crippen molar-refractivity contribution < 1.29 is 0 Å². The Hall–Kier alpha value is -0.160. The third kappa shape index (κ3) is 1.93. The average molecular weight is 198 g/mol. The van der Waals surface area contributed by atoms with Crippen LogP contribution in [0.2, 0.25) is 0 Å². The number of hydrogen-bond donors (Lipinski definition) is 2. The van der Waals surface area contributed by atoms with Crippen molar-refractivity contribution in [3.63, 3.8) is 0 Å². The summed E-state index contributed by atoms with van der Waals surface area (Å²) in [6, 6.07) is 1.08. The fraction of sp³-hybridized carbons (Fsp3) is 1.00. The molecule has 4 unspecified atom stereocenters. The fourth-order valence-electron chi connectivity index (χ4n) is 2.77. The van der Waals surface area contributed by atoms with Crippen LogP contribution in [0.4, 0.5) is 0 Å². The van der Waals surface area contributed by atoms with E-state index in [2.05, 4.69) is 22.1 Å². The van der Waals surface area contributed by atoms with Crippen molar-refractivity contribution in [1.29, 1.82) is 0 Å². The molecule has 4 heteroatoms. The zero-order valence-corrected chi connectivity index (χ0v) is 9.08. The van der Waals surface area contributed by atoms with E-state index >= 15 is 0 Å². The van der Waals surface area contributed by atoms with E-state index < -0.39 is 0 Å². The molecular weight excluding hydrogens is 176 g/mol. The Morgan fingerprint density at radius 1 is 1.36 bits per heavy atom. The first-order valence-electron chi connectivity index (χ1n) is 5.77. The first-order chi connectivity index (χ1) is 6.85. The van der Waals surface area contributed by atoms with Crippen LogP contribution in [0.15, 0.2) is 0 Å². The first-order valence-corrected chi connectivity index (χ1v) is 5.77. The van der Waals surface area contributed by atoms with Crippen molar-refractivity contribution in [2.45, 2.75) is 31.8 Å². The zero-order valence-electron chi connectivity index (χ0n) is 9.08. The maximum absolute atomic E-state index is 5.60. The maximum atomic E-state index is 5.60. The van der Waals surface area contributed by atoms with Crippen LogP contribution in [0.5, 0.6) is 0 Å². The standard InChI is InChI=1S/C10H22N4/c1-2-9(12-11)10-8-13-4-3-5-14(10)7-6-13/h9-10,12H,2-8,11H2,1H3. The predicted molar refractivity (Wildman–Crippen MR) is 57.8 cm³/mol. The third-order valence-electron chi connectivity index (χ3n) is 3.66. The Balaban J connectivity index is 2.04. The molecule has 0 amide bonds. The lowest BCUT2D eigenvalue weighted by atomic mass is 10.0. The van der Waals surface area contributed by atoms with Gasteiger partial charge in [0.2, 0.25) is 0 Å². The molecule has 0 radical (unpaired) electrons. The van der Waals surface area contributed by atoms with Crippen molar-refractivity contribution in [3.8, 4) is 0 Å². The Morgan fingerprint density at radius 2 is 2.21 bits per heavy atom. The molecule has 14 heavy (non-hydrogen) atoms. The second-order valence-electron chi connectivity index (χ2n) is 4.44. The van der Waals surface area contributed by atoms with E-state index in [0.29, 0.717) is 12.1 Å². The Morgan fingerprint density at radius 3 is 2.93 bits per heavy atom. The van der Waals surface area contributed by atoms with Crippen LogP contribution in [0.3, 0.4) is 0 Å². The Labute approximate surface area is 86.4 Å². The summed E-state index contributed by atoms with van der Waals surface area (Å²) in [6.07, 6.45) is 2.43. The predicted octanol–water partition coefficient (Wildman–Crippen LogP) is -0.382. The van der Waals surface area contributed by atoms with E-state index in [1.54, 1.807) is 0 Å². The van der Waals surface area contributed by atoms with Gasteiger partial charge in [0, 0.05) is 31.7 Å². The summed E-state index contributed by atoms with van der Waals surface area (Å²) in [6.45, 7) is 8.40. The highest BCUT2D eigenvalue weighted by atomic mass is 15.3. The van der Waals surface area contributed by atoms with Crippen LogP contribution >= 0.6 is 0 Å². The van der Waals surface area contributed by atoms with E-state index in [-0.39, 0.29) is 0 Å². The summed E-state index contributed by atoms with van der Waals surface area (Å²) in [5.74, 6) is 5.60. The quantitative estimate of drug-likeness (QED) is 0.479. The average Bonchev–Trinajstić information content (AvgIpc) is 2.54. The maximum Gasteiger partial charge on any atom is 0.0390 e. The summed E-state index contributed by atoms with van der Waals surface area (Å²) in [7, 11) is 0. The minimum atomic E-state index is 0.455. The lowest BCUT2D eigenvalue weighted by molar-refractivity contribution is 0.0858. The first kappa shape index (κ1) is 10.4. The molecule has 4 atom stereocenters. The van der Waals surface area contributed by atoms with Gasteiger partial charge in [0.1, 0.15) is 0 Å². The van der Waals surface area contributed by atoms with Crippen LogP contribution in [-0.2, 0) is 0 Å². The molecule has 0 spiro atoms. The molecule has 3 saturated heterocycles. The largest absolute Gasteiger partial charge is 0.300 e. The van der Waals surface area contributed by atoms with Crippen LogP contribution < -0.4 is 11.3 Å². The molecule has 0 aromatic rings. The summed E-state index contributed by atoms with van der Waals surface area (Å²) in [5.41, 5.74) is 2.97. The molecule has 0 aromatic heterocycles. The van der Waals surface area contributed by atoms with E-state index in [4.69, 9.17) is 5.84 Å². The number of nitrogens with two attached hydrogens (primary N) is 1. The summed E-state index contributed by atoms with van der Waals surface area (Å²) < 4.78 is 0. The fourth-order valence-corrected chi connectivity index (χ4v) is 2.77. The highest BCUT2D eigenvalue weighted by Crippen LogP contribution is 2.18. The summed E-state index contributed by atoms with van der Waals surface area (Å²) in [5, 5.41) is 0. The monoisotopic (exact) mass is 198 g/mol. The van der Waals surface area contributed by atoms with Crippen LogP contribution in [0.1, 0.15) is 19.8 Å². The highest BCUT2D eigenvalue weighted by molar-refractivity contribution is 4.91. The van der Waals surface area contributed by atoms with Crippen LogP contribution in [0, 0.1) is 0 Å². The summed E-state index contributed by atoms with van der Waals surface area (Å²) in [4.78, 5) is 5.19. The molecule has 82 valence electrons. The van der Waals surface area contributed by atoms with Crippen molar-refractivity contribution >= 4 is 0 Å². The van der Waals surface area contributed by atoms with E-state index in [1.807, 2.05) is 0 Å².